The van der Waals surface area contributed by atoms with E-state index in [1.807, 2.05) is 36.4 Å². The highest BCUT2D eigenvalue weighted by Gasteiger charge is 2.59. The molecule has 3 fully saturated rings. The quantitative estimate of drug-likeness (QED) is 0.389. The number of hydrogen-bond donors (Lipinski definition) is 2. The number of aliphatic carboxylic acids is 1. The van der Waals surface area contributed by atoms with Crippen LogP contribution in [0, 0.1) is 28.6 Å². The van der Waals surface area contributed by atoms with E-state index in [1.54, 1.807) is 0 Å². The number of carboxylic acid groups (broad SMARTS) is 1. The molecule has 7 atom stereocenters. The van der Waals surface area contributed by atoms with Gasteiger partial charge in [-0.15, -0.1) is 0 Å². The minimum atomic E-state index is -0.919. The van der Waals surface area contributed by atoms with Crippen LogP contribution in [0.2, 0.25) is 0 Å². The molecule has 4 aliphatic rings. The van der Waals surface area contributed by atoms with Crippen molar-refractivity contribution in [3.05, 3.63) is 47.5 Å². The molecule has 216 valence electrons. The van der Waals surface area contributed by atoms with Crippen molar-refractivity contribution in [3.8, 4) is 0 Å². The molecule has 7 nitrogen and oxygen atoms in total. The van der Waals surface area contributed by atoms with Gasteiger partial charge in [0.15, 0.2) is 5.78 Å². The van der Waals surface area contributed by atoms with E-state index in [9.17, 15) is 24.3 Å². The molecule has 5 rings (SSSR count). The van der Waals surface area contributed by atoms with Crippen molar-refractivity contribution in [1.29, 1.82) is 0 Å². The van der Waals surface area contributed by atoms with E-state index in [-0.39, 0.29) is 66.3 Å². The monoisotopic (exact) mass is 549 g/mol. The van der Waals surface area contributed by atoms with Crippen LogP contribution in [0.1, 0.15) is 96.0 Å². The van der Waals surface area contributed by atoms with Crippen LogP contribution >= 0.6 is 0 Å². The molecule has 0 saturated heterocycles. The van der Waals surface area contributed by atoms with E-state index >= 15 is 0 Å². The zero-order chi connectivity index (χ0) is 28.5. The van der Waals surface area contributed by atoms with E-state index in [0.717, 1.165) is 50.5 Å². The molecule has 3 saturated carbocycles. The molecule has 2 N–H and O–H groups in total. The Morgan fingerprint density at radius 3 is 2.52 bits per heavy atom. The van der Waals surface area contributed by atoms with Gasteiger partial charge in [0, 0.05) is 30.7 Å². The lowest BCUT2D eigenvalue weighted by molar-refractivity contribution is -0.160. The van der Waals surface area contributed by atoms with Gasteiger partial charge in [-0.1, -0.05) is 49.8 Å². The third-order valence-electron chi connectivity index (χ3n) is 10.9. The van der Waals surface area contributed by atoms with Gasteiger partial charge < -0.3 is 15.2 Å². The van der Waals surface area contributed by atoms with Crippen molar-refractivity contribution in [1.82, 2.24) is 5.32 Å². The SMILES string of the molecule is C[C@]12CC[C@H]3[C@@H](CCC4=CC(=O)CC[C@@]43C)[C@@H]1CC[C@@H]2OC(=O)CCC(=O)NC[C@H](CC(=O)O)c1ccccc1. The zero-order valence-corrected chi connectivity index (χ0v) is 23.8. The van der Waals surface area contributed by atoms with Crippen LogP contribution in [0.15, 0.2) is 42.0 Å². The lowest BCUT2D eigenvalue weighted by Crippen LogP contribution is -2.51. The highest BCUT2D eigenvalue weighted by Crippen LogP contribution is 2.65. The fraction of sp³-hybridized carbons (Fsp3) is 0.636. The molecule has 1 amide bonds. The fourth-order valence-electron chi connectivity index (χ4n) is 8.71. The number of benzene rings is 1. The van der Waals surface area contributed by atoms with E-state index < -0.39 is 5.97 Å². The van der Waals surface area contributed by atoms with Gasteiger partial charge >= 0.3 is 11.9 Å². The number of rotatable bonds is 9. The Kier molecular flexibility index (Phi) is 8.21. The lowest BCUT2D eigenvalue weighted by atomic mass is 9.47. The van der Waals surface area contributed by atoms with Crippen LogP contribution in [0.3, 0.4) is 0 Å². The topological polar surface area (TPSA) is 110 Å². The summed E-state index contributed by atoms with van der Waals surface area (Å²) in [4.78, 5) is 48.8. The van der Waals surface area contributed by atoms with Crippen molar-refractivity contribution in [2.45, 2.75) is 96.5 Å². The molecule has 0 unspecified atom stereocenters. The minimum Gasteiger partial charge on any atom is -0.481 e. The number of nitrogens with one attached hydrogen (secondary N) is 1. The number of fused-ring (bicyclic) bond motifs is 5. The first kappa shape index (κ1) is 28.6. The molecular weight excluding hydrogens is 506 g/mol. The summed E-state index contributed by atoms with van der Waals surface area (Å²) in [6, 6.07) is 9.29. The Morgan fingerprint density at radius 1 is 1.00 bits per heavy atom. The Labute approximate surface area is 237 Å². The predicted octanol–water partition coefficient (Wildman–Crippen LogP) is 5.59. The molecule has 1 aromatic rings. The summed E-state index contributed by atoms with van der Waals surface area (Å²) >= 11 is 0. The maximum absolute atomic E-state index is 12.9. The largest absolute Gasteiger partial charge is 0.481 e. The highest BCUT2D eigenvalue weighted by molar-refractivity contribution is 5.91. The molecule has 7 heteroatoms. The Balaban J connectivity index is 1.13. The molecule has 4 aliphatic carbocycles. The van der Waals surface area contributed by atoms with Crippen LogP contribution in [0.4, 0.5) is 0 Å². The molecule has 0 radical (unpaired) electrons. The maximum Gasteiger partial charge on any atom is 0.306 e. The number of ether oxygens (including phenoxy) is 1. The Morgan fingerprint density at radius 2 is 1.77 bits per heavy atom. The molecule has 1 aromatic carbocycles. The van der Waals surface area contributed by atoms with Gasteiger partial charge in [-0.3, -0.25) is 19.2 Å². The van der Waals surface area contributed by atoms with Crippen LogP contribution in [0.5, 0.6) is 0 Å². The summed E-state index contributed by atoms with van der Waals surface area (Å²) in [5.74, 6) is 0.145. The van der Waals surface area contributed by atoms with Gasteiger partial charge in [0.1, 0.15) is 6.10 Å². The summed E-state index contributed by atoms with van der Waals surface area (Å²) in [5.41, 5.74) is 2.32. The summed E-state index contributed by atoms with van der Waals surface area (Å²) in [6.07, 6.45) is 9.60. The second-order valence-corrected chi connectivity index (χ2v) is 13.1. The summed E-state index contributed by atoms with van der Waals surface area (Å²) in [6.45, 7) is 4.89. The average Bonchev–Trinajstić information content (AvgIpc) is 3.26. The van der Waals surface area contributed by atoms with E-state index in [1.165, 1.54) is 5.57 Å². The summed E-state index contributed by atoms with van der Waals surface area (Å²) < 4.78 is 6.05. The standard InChI is InChI=1S/C33H43NO6/c1-32-16-14-24(35)19-23(32)8-9-25-26-10-11-28(33(26,2)17-15-27(25)32)40-31(39)13-12-29(36)34-20-22(18-30(37)38)21-6-4-3-5-7-21/h3-7,19,22,25-28H,8-18,20H2,1-2H3,(H,34,36)(H,37,38)/t22-,25-,26-,27-,28-,32-,33-/m0/s1. The number of carbonyl (C=O) groups is 4. The van der Waals surface area contributed by atoms with Gasteiger partial charge in [-0.05, 0) is 79.8 Å². The van der Waals surface area contributed by atoms with Crippen molar-refractivity contribution >= 4 is 23.6 Å². The molecule has 0 aliphatic heterocycles. The van der Waals surface area contributed by atoms with Crippen LogP contribution < -0.4 is 5.32 Å². The maximum atomic E-state index is 12.9. The Bertz CT molecular complexity index is 1180. The number of allylic oxidation sites excluding steroid dienone is 1. The number of carbonyl (C=O) groups excluding carboxylic acids is 3. The van der Waals surface area contributed by atoms with Gasteiger partial charge in [0.05, 0.1) is 12.8 Å². The van der Waals surface area contributed by atoms with Crippen molar-refractivity contribution in [2.24, 2.45) is 28.6 Å². The molecule has 0 spiro atoms. The summed E-state index contributed by atoms with van der Waals surface area (Å²) in [7, 11) is 0. The van der Waals surface area contributed by atoms with Crippen molar-refractivity contribution < 1.29 is 29.0 Å². The van der Waals surface area contributed by atoms with Crippen molar-refractivity contribution in [2.75, 3.05) is 6.54 Å². The second-order valence-electron chi connectivity index (χ2n) is 13.1. The molecule has 0 bridgehead atoms. The number of amides is 1. The number of hydrogen-bond acceptors (Lipinski definition) is 5. The minimum absolute atomic E-state index is 0.0182. The number of ketones is 1. The molecule has 40 heavy (non-hydrogen) atoms. The van der Waals surface area contributed by atoms with Crippen LogP contribution in [0.25, 0.3) is 0 Å². The molecular formula is C33H43NO6. The van der Waals surface area contributed by atoms with Gasteiger partial charge in [0.25, 0.3) is 0 Å². The number of carboxylic acids is 1. The summed E-state index contributed by atoms with van der Waals surface area (Å²) in [5, 5.41) is 12.1. The third-order valence-corrected chi connectivity index (χ3v) is 10.9. The Hall–Kier alpha value is -2.96. The number of esters is 1. The normalized spacial score (nSPS) is 33.5. The lowest BCUT2D eigenvalue weighted by Gasteiger charge is -2.57. The third kappa shape index (κ3) is 5.61. The first-order valence-corrected chi connectivity index (χ1v) is 15.1. The van der Waals surface area contributed by atoms with Crippen molar-refractivity contribution in [3.63, 3.8) is 0 Å². The first-order valence-electron chi connectivity index (χ1n) is 15.1. The zero-order valence-electron chi connectivity index (χ0n) is 23.8. The molecule has 0 heterocycles. The van der Waals surface area contributed by atoms with Crippen LogP contribution in [-0.4, -0.2) is 41.4 Å². The van der Waals surface area contributed by atoms with Gasteiger partial charge in [-0.25, -0.2) is 0 Å². The average molecular weight is 550 g/mol. The first-order chi connectivity index (χ1) is 19.1. The van der Waals surface area contributed by atoms with Gasteiger partial charge in [0.2, 0.25) is 5.91 Å². The highest BCUT2D eigenvalue weighted by atomic mass is 16.5. The van der Waals surface area contributed by atoms with E-state index in [2.05, 4.69) is 19.2 Å². The van der Waals surface area contributed by atoms with Gasteiger partial charge in [-0.2, -0.15) is 0 Å². The smallest absolute Gasteiger partial charge is 0.306 e. The fourth-order valence-corrected chi connectivity index (χ4v) is 8.71. The second kappa shape index (κ2) is 11.5. The van der Waals surface area contributed by atoms with Crippen LogP contribution in [-0.2, 0) is 23.9 Å². The van der Waals surface area contributed by atoms with E-state index in [4.69, 9.17) is 4.74 Å². The molecule has 0 aromatic heterocycles. The van der Waals surface area contributed by atoms with E-state index in [0.29, 0.717) is 24.2 Å². The predicted molar refractivity (Wildman–Crippen MR) is 150 cm³/mol.